The van der Waals surface area contributed by atoms with Crippen LogP contribution < -0.4 is 5.32 Å². The number of aromatic carboxylic acids is 1. The smallest absolute Gasteiger partial charge is 0.345 e. The molecule has 1 rings (SSSR count). The molecule has 0 saturated carbocycles. The molecule has 0 aliphatic rings. The van der Waals surface area contributed by atoms with Crippen LogP contribution in [0, 0.1) is 5.92 Å². The monoisotopic (exact) mass is 287 g/mol. The summed E-state index contributed by atoms with van der Waals surface area (Å²) < 4.78 is 0. The summed E-state index contributed by atoms with van der Waals surface area (Å²) in [7, 11) is 0. The number of hydrogen-bond donors (Lipinski definition) is 2. The van der Waals surface area contributed by atoms with E-state index in [0.717, 1.165) is 4.90 Å². The largest absolute Gasteiger partial charge is 0.477 e. The lowest BCUT2D eigenvalue weighted by atomic mass is 10.2. The maximum Gasteiger partial charge on any atom is 0.345 e. The molecular formula is C12H17NO3S2. The molecule has 1 heterocycles. The van der Waals surface area contributed by atoms with E-state index >= 15 is 0 Å². The van der Waals surface area contributed by atoms with Crippen LogP contribution in [0.3, 0.4) is 0 Å². The van der Waals surface area contributed by atoms with Gasteiger partial charge in [0.2, 0.25) is 5.91 Å². The zero-order chi connectivity index (χ0) is 13.7. The highest BCUT2D eigenvalue weighted by Crippen LogP contribution is 2.28. The van der Waals surface area contributed by atoms with Gasteiger partial charge < -0.3 is 10.4 Å². The number of carbonyl (C=O) groups is 2. The normalized spacial score (nSPS) is 12.4. The quantitative estimate of drug-likeness (QED) is 0.789. The summed E-state index contributed by atoms with van der Waals surface area (Å²) >= 11 is 2.55. The molecule has 0 aromatic carbocycles. The van der Waals surface area contributed by atoms with E-state index in [0.29, 0.717) is 17.3 Å². The van der Waals surface area contributed by atoms with Crippen LogP contribution in [0.1, 0.15) is 30.4 Å². The molecule has 1 amide bonds. The lowest BCUT2D eigenvalue weighted by molar-refractivity contribution is -0.120. The average Bonchev–Trinajstić information content (AvgIpc) is 2.74. The van der Waals surface area contributed by atoms with Gasteiger partial charge in [0.05, 0.1) is 5.25 Å². The molecule has 0 saturated heterocycles. The number of nitrogens with one attached hydrogen (secondary N) is 1. The molecule has 1 atom stereocenters. The predicted molar refractivity (Wildman–Crippen MR) is 74.4 cm³/mol. The van der Waals surface area contributed by atoms with Gasteiger partial charge in [-0.3, -0.25) is 4.79 Å². The molecule has 0 radical (unpaired) electrons. The Kier molecular flexibility index (Phi) is 5.68. The number of hydrogen-bond acceptors (Lipinski definition) is 4. The van der Waals surface area contributed by atoms with Crippen molar-refractivity contribution >= 4 is 35.0 Å². The molecule has 0 fully saturated rings. The Morgan fingerprint density at radius 2 is 2.11 bits per heavy atom. The van der Waals surface area contributed by atoms with E-state index in [4.69, 9.17) is 5.11 Å². The van der Waals surface area contributed by atoms with Gasteiger partial charge in [-0.2, -0.15) is 0 Å². The fraction of sp³-hybridized carbons (Fsp3) is 0.500. The fourth-order valence-electron chi connectivity index (χ4n) is 1.20. The van der Waals surface area contributed by atoms with Gasteiger partial charge in [-0.05, 0) is 18.9 Å². The van der Waals surface area contributed by atoms with Crippen LogP contribution in [-0.4, -0.2) is 28.8 Å². The average molecular weight is 287 g/mol. The Balaban J connectivity index is 2.50. The van der Waals surface area contributed by atoms with Crippen LogP contribution >= 0.6 is 23.1 Å². The van der Waals surface area contributed by atoms with Gasteiger partial charge in [-0.25, -0.2) is 4.79 Å². The van der Waals surface area contributed by atoms with Gasteiger partial charge >= 0.3 is 5.97 Å². The number of rotatable bonds is 6. The number of carboxylic acids is 1. The molecule has 0 bridgehead atoms. The van der Waals surface area contributed by atoms with Crippen molar-refractivity contribution in [1.29, 1.82) is 0 Å². The van der Waals surface area contributed by atoms with Crippen molar-refractivity contribution in [2.75, 3.05) is 6.54 Å². The van der Waals surface area contributed by atoms with Crippen molar-refractivity contribution < 1.29 is 14.7 Å². The predicted octanol–water partition coefficient (Wildman–Crippen LogP) is 2.70. The minimum Gasteiger partial charge on any atom is -0.477 e. The number of amides is 1. The molecule has 18 heavy (non-hydrogen) atoms. The molecule has 6 heteroatoms. The third-order valence-electron chi connectivity index (χ3n) is 2.15. The van der Waals surface area contributed by atoms with Gasteiger partial charge in [0.1, 0.15) is 4.88 Å². The zero-order valence-corrected chi connectivity index (χ0v) is 12.2. The molecule has 1 aromatic rings. The first-order valence-corrected chi connectivity index (χ1v) is 7.42. The summed E-state index contributed by atoms with van der Waals surface area (Å²) in [6.07, 6.45) is 0. The number of carboxylic acid groups (broad SMARTS) is 1. The number of carbonyl (C=O) groups excluding carboxylic acids is 1. The maximum atomic E-state index is 11.7. The van der Waals surface area contributed by atoms with E-state index in [-0.39, 0.29) is 11.2 Å². The van der Waals surface area contributed by atoms with Crippen molar-refractivity contribution in [3.05, 3.63) is 16.3 Å². The van der Waals surface area contributed by atoms with Gasteiger partial charge in [0.25, 0.3) is 0 Å². The minimum atomic E-state index is -0.927. The Morgan fingerprint density at radius 1 is 1.44 bits per heavy atom. The van der Waals surface area contributed by atoms with Crippen LogP contribution in [0.5, 0.6) is 0 Å². The lowest BCUT2D eigenvalue weighted by Gasteiger charge is -2.12. The minimum absolute atomic E-state index is 0.0169. The van der Waals surface area contributed by atoms with E-state index in [1.54, 1.807) is 11.4 Å². The van der Waals surface area contributed by atoms with Crippen LogP contribution in [-0.2, 0) is 4.79 Å². The summed E-state index contributed by atoms with van der Waals surface area (Å²) in [5.41, 5.74) is 0. The van der Waals surface area contributed by atoms with E-state index in [1.807, 2.05) is 20.8 Å². The van der Waals surface area contributed by atoms with Gasteiger partial charge in [-0.15, -0.1) is 23.1 Å². The second-order valence-electron chi connectivity index (χ2n) is 4.35. The summed E-state index contributed by atoms with van der Waals surface area (Å²) in [4.78, 5) is 23.6. The first kappa shape index (κ1) is 15.0. The second kappa shape index (κ2) is 6.80. The third-order valence-corrected chi connectivity index (χ3v) is 4.30. The van der Waals surface area contributed by atoms with Crippen LogP contribution in [0.25, 0.3) is 0 Å². The standard InChI is InChI=1S/C12H17NO3S2/c1-7(2)5-13-11(14)8(3)18-9-4-10(12(15)16)17-6-9/h4,6-8H,5H2,1-3H3,(H,13,14)(H,15,16). The molecular weight excluding hydrogens is 270 g/mol. The Bertz CT molecular complexity index is 429. The SMILES string of the molecule is CC(C)CNC(=O)C(C)Sc1csc(C(=O)O)c1. The van der Waals surface area contributed by atoms with E-state index < -0.39 is 5.97 Å². The molecule has 1 unspecified atom stereocenters. The summed E-state index contributed by atoms with van der Waals surface area (Å²) in [5.74, 6) is -0.522. The lowest BCUT2D eigenvalue weighted by Crippen LogP contribution is -2.33. The van der Waals surface area contributed by atoms with Crippen molar-refractivity contribution in [1.82, 2.24) is 5.32 Å². The van der Waals surface area contributed by atoms with Crippen LogP contribution in [0.4, 0.5) is 0 Å². The van der Waals surface area contributed by atoms with Crippen LogP contribution in [0.15, 0.2) is 16.3 Å². The Hall–Kier alpha value is -1.01. The summed E-state index contributed by atoms with van der Waals surface area (Å²) in [6.45, 7) is 6.55. The third kappa shape index (κ3) is 4.70. The van der Waals surface area contributed by atoms with Crippen molar-refractivity contribution in [2.24, 2.45) is 5.92 Å². The van der Waals surface area contributed by atoms with Crippen molar-refractivity contribution in [3.8, 4) is 0 Å². The fourth-order valence-corrected chi connectivity index (χ4v) is 3.03. The maximum absolute atomic E-state index is 11.7. The zero-order valence-electron chi connectivity index (χ0n) is 10.6. The van der Waals surface area contributed by atoms with Gasteiger partial charge in [-0.1, -0.05) is 13.8 Å². The van der Waals surface area contributed by atoms with Gasteiger partial charge in [0, 0.05) is 16.8 Å². The molecule has 0 aliphatic carbocycles. The highest BCUT2D eigenvalue weighted by Gasteiger charge is 2.16. The number of thiophene rings is 1. The second-order valence-corrected chi connectivity index (χ2v) is 6.68. The van der Waals surface area contributed by atoms with Crippen molar-refractivity contribution in [3.63, 3.8) is 0 Å². The topological polar surface area (TPSA) is 66.4 Å². The van der Waals surface area contributed by atoms with E-state index in [9.17, 15) is 9.59 Å². The molecule has 0 spiro atoms. The molecule has 1 aromatic heterocycles. The molecule has 0 aliphatic heterocycles. The first-order valence-electron chi connectivity index (χ1n) is 5.66. The van der Waals surface area contributed by atoms with E-state index in [2.05, 4.69) is 5.32 Å². The molecule has 100 valence electrons. The van der Waals surface area contributed by atoms with Crippen LogP contribution in [0.2, 0.25) is 0 Å². The molecule has 2 N–H and O–H groups in total. The van der Waals surface area contributed by atoms with E-state index in [1.165, 1.54) is 23.1 Å². The Labute approximate surface area is 115 Å². The highest BCUT2D eigenvalue weighted by atomic mass is 32.2. The van der Waals surface area contributed by atoms with Crippen molar-refractivity contribution in [2.45, 2.75) is 30.9 Å². The highest BCUT2D eigenvalue weighted by molar-refractivity contribution is 8.00. The van der Waals surface area contributed by atoms with Gasteiger partial charge in [0.15, 0.2) is 0 Å². The number of thioether (sulfide) groups is 1. The Morgan fingerprint density at radius 3 is 2.61 bits per heavy atom. The summed E-state index contributed by atoms with van der Waals surface area (Å²) in [6, 6.07) is 1.60. The first-order chi connectivity index (χ1) is 8.40. The summed E-state index contributed by atoms with van der Waals surface area (Å²) in [5, 5.41) is 13.2. The molecule has 4 nitrogen and oxygen atoms in total.